The maximum atomic E-state index is 9.95. The lowest BCUT2D eigenvalue weighted by Gasteiger charge is -2.07. The van der Waals surface area contributed by atoms with Crippen molar-refractivity contribution in [3.63, 3.8) is 0 Å². The zero-order valence-corrected chi connectivity index (χ0v) is 10.9. The van der Waals surface area contributed by atoms with E-state index in [1.807, 2.05) is 12.1 Å². The van der Waals surface area contributed by atoms with Gasteiger partial charge in [0, 0.05) is 22.6 Å². The molecule has 1 unspecified atom stereocenters. The number of thiophene rings is 1. The van der Waals surface area contributed by atoms with Gasteiger partial charge in [-0.05, 0) is 37.1 Å². The minimum absolute atomic E-state index is 0.275. The predicted octanol–water partition coefficient (Wildman–Crippen LogP) is 3.44. The van der Waals surface area contributed by atoms with E-state index in [1.54, 1.807) is 17.6 Å². The summed E-state index contributed by atoms with van der Waals surface area (Å²) in [5.74, 6) is 0.949. The van der Waals surface area contributed by atoms with E-state index in [2.05, 4.69) is 19.1 Å². The molecule has 0 radical (unpaired) electrons. The molecule has 0 bridgehead atoms. The molecule has 0 aromatic carbocycles. The largest absolute Gasteiger partial charge is 0.469 e. The molecule has 0 saturated carbocycles. The van der Waals surface area contributed by atoms with Crippen molar-refractivity contribution in [1.29, 1.82) is 0 Å². The van der Waals surface area contributed by atoms with Crippen LogP contribution in [0.5, 0.6) is 0 Å². The highest BCUT2D eigenvalue weighted by Gasteiger charge is 2.08. The monoisotopic (exact) mass is 250 g/mol. The number of aliphatic hydroxyl groups is 1. The van der Waals surface area contributed by atoms with Gasteiger partial charge in [-0.3, -0.25) is 0 Å². The number of furan rings is 1. The third-order valence-corrected chi connectivity index (χ3v) is 4.06. The molecule has 2 aromatic heterocycles. The maximum Gasteiger partial charge on any atom is 0.103 e. The van der Waals surface area contributed by atoms with Gasteiger partial charge >= 0.3 is 0 Å². The normalized spacial score (nSPS) is 12.8. The third kappa shape index (κ3) is 3.72. The molecular weight excluding hydrogens is 232 g/mol. The molecule has 2 heterocycles. The van der Waals surface area contributed by atoms with Crippen molar-refractivity contribution < 1.29 is 9.52 Å². The van der Waals surface area contributed by atoms with Crippen LogP contribution in [0, 0.1) is 0 Å². The van der Waals surface area contributed by atoms with Crippen LogP contribution in [0.1, 0.15) is 28.9 Å². The van der Waals surface area contributed by atoms with E-state index in [0.29, 0.717) is 0 Å². The molecule has 1 N–H and O–H groups in total. The lowest BCUT2D eigenvalue weighted by atomic mass is 10.1. The summed E-state index contributed by atoms with van der Waals surface area (Å²) in [7, 11) is 0. The zero-order chi connectivity index (χ0) is 12.1. The molecule has 17 heavy (non-hydrogen) atoms. The molecule has 3 heteroatoms. The highest BCUT2D eigenvalue weighted by atomic mass is 32.1. The third-order valence-electron chi connectivity index (χ3n) is 2.81. The van der Waals surface area contributed by atoms with Crippen LogP contribution in [0.4, 0.5) is 0 Å². The highest BCUT2D eigenvalue weighted by Crippen LogP contribution is 2.19. The van der Waals surface area contributed by atoms with Gasteiger partial charge in [-0.15, -0.1) is 11.3 Å². The van der Waals surface area contributed by atoms with Crippen molar-refractivity contribution in [1.82, 2.24) is 0 Å². The first-order valence-electron chi connectivity index (χ1n) is 6.06. The van der Waals surface area contributed by atoms with Crippen LogP contribution >= 0.6 is 11.3 Å². The first kappa shape index (κ1) is 12.4. The molecule has 2 nitrogen and oxygen atoms in total. The van der Waals surface area contributed by atoms with Crippen molar-refractivity contribution in [2.24, 2.45) is 0 Å². The Hall–Kier alpha value is -1.06. The van der Waals surface area contributed by atoms with E-state index >= 15 is 0 Å². The Labute approximate surface area is 106 Å². The van der Waals surface area contributed by atoms with Crippen LogP contribution in [0.3, 0.4) is 0 Å². The predicted molar refractivity (Wildman–Crippen MR) is 70.4 cm³/mol. The average molecular weight is 250 g/mol. The molecule has 0 aliphatic carbocycles. The first-order valence-corrected chi connectivity index (χ1v) is 6.87. The second kappa shape index (κ2) is 6.03. The van der Waals surface area contributed by atoms with Crippen LogP contribution < -0.4 is 0 Å². The van der Waals surface area contributed by atoms with Crippen molar-refractivity contribution in [3.8, 4) is 0 Å². The summed E-state index contributed by atoms with van der Waals surface area (Å²) in [6, 6.07) is 8.11. The molecule has 0 fully saturated rings. The van der Waals surface area contributed by atoms with Gasteiger partial charge in [0.15, 0.2) is 0 Å². The Bertz CT molecular complexity index is 431. The Balaban J connectivity index is 1.78. The van der Waals surface area contributed by atoms with E-state index in [1.165, 1.54) is 9.75 Å². The molecular formula is C14H18O2S. The summed E-state index contributed by atoms with van der Waals surface area (Å²) in [5, 5.41) is 9.95. The molecule has 0 saturated heterocycles. The molecule has 2 aromatic rings. The minimum Gasteiger partial charge on any atom is -0.469 e. The maximum absolute atomic E-state index is 9.95. The standard InChI is InChI=1S/C14H18O2S/c1-2-13-7-8-14(17-13)10-11(15)5-6-12-4-3-9-16-12/h3-4,7-9,11,15H,2,5-6,10H2,1H3. The zero-order valence-electron chi connectivity index (χ0n) is 10.1. The lowest BCUT2D eigenvalue weighted by Crippen LogP contribution is -2.10. The Kier molecular flexibility index (Phi) is 4.40. The number of hydrogen-bond donors (Lipinski definition) is 1. The van der Waals surface area contributed by atoms with Crippen LogP contribution in [-0.4, -0.2) is 11.2 Å². The SMILES string of the molecule is CCc1ccc(CC(O)CCc2ccco2)s1. The number of aryl methyl sites for hydroxylation is 2. The van der Waals surface area contributed by atoms with Gasteiger partial charge < -0.3 is 9.52 Å². The molecule has 0 amide bonds. The van der Waals surface area contributed by atoms with Crippen LogP contribution in [-0.2, 0) is 19.3 Å². The fourth-order valence-corrected chi connectivity index (χ4v) is 2.85. The Morgan fingerprint density at radius 2 is 2.12 bits per heavy atom. The second-order valence-corrected chi connectivity index (χ2v) is 5.45. The highest BCUT2D eigenvalue weighted by molar-refractivity contribution is 7.11. The summed E-state index contributed by atoms with van der Waals surface area (Å²) in [5.41, 5.74) is 0. The summed E-state index contributed by atoms with van der Waals surface area (Å²) in [6.07, 6.45) is 4.79. The van der Waals surface area contributed by atoms with Gasteiger partial charge in [0.25, 0.3) is 0 Å². The van der Waals surface area contributed by atoms with Gasteiger partial charge in [-0.1, -0.05) is 6.92 Å². The fraction of sp³-hybridized carbons (Fsp3) is 0.429. The molecule has 92 valence electrons. The van der Waals surface area contributed by atoms with E-state index in [4.69, 9.17) is 4.42 Å². The van der Waals surface area contributed by atoms with Crippen molar-refractivity contribution in [3.05, 3.63) is 46.0 Å². The van der Waals surface area contributed by atoms with E-state index in [9.17, 15) is 5.11 Å². The summed E-state index contributed by atoms with van der Waals surface area (Å²) in [6.45, 7) is 2.16. The minimum atomic E-state index is -0.275. The number of rotatable bonds is 6. The summed E-state index contributed by atoms with van der Waals surface area (Å²) < 4.78 is 5.25. The lowest BCUT2D eigenvalue weighted by molar-refractivity contribution is 0.164. The van der Waals surface area contributed by atoms with Crippen LogP contribution in [0.2, 0.25) is 0 Å². The first-order chi connectivity index (χ1) is 8.28. The smallest absolute Gasteiger partial charge is 0.103 e. The molecule has 1 atom stereocenters. The van der Waals surface area contributed by atoms with E-state index < -0.39 is 0 Å². The van der Waals surface area contributed by atoms with Crippen molar-refractivity contribution >= 4 is 11.3 Å². The van der Waals surface area contributed by atoms with Crippen molar-refractivity contribution in [2.45, 2.75) is 38.7 Å². The van der Waals surface area contributed by atoms with Gasteiger partial charge in [0.2, 0.25) is 0 Å². The Morgan fingerprint density at radius 3 is 2.76 bits per heavy atom. The fourth-order valence-electron chi connectivity index (χ4n) is 1.82. The number of hydrogen-bond acceptors (Lipinski definition) is 3. The average Bonchev–Trinajstić information content (AvgIpc) is 2.97. The Morgan fingerprint density at radius 1 is 1.29 bits per heavy atom. The number of aliphatic hydroxyl groups excluding tert-OH is 1. The molecule has 0 aliphatic heterocycles. The molecule has 0 spiro atoms. The van der Waals surface area contributed by atoms with E-state index in [0.717, 1.165) is 31.4 Å². The quantitative estimate of drug-likeness (QED) is 0.852. The molecule has 0 aliphatic rings. The van der Waals surface area contributed by atoms with Gasteiger partial charge in [-0.2, -0.15) is 0 Å². The van der Waals surface area contributed by atoms with Gasteiger partial charge in [-0.25, -0.2) is 0 Å². The van der Waals surface area contributed by atoms with Crippen LogP contribution in [0.15, 0.2) is 34.9 Å². The summed E-state index contributed by atoms with van der Waals surface area (Å²) in [4.78, 5) is 2.66. The van der Waals surface area contributed by atoms with E-state index in [-0.39, 0.29) is 6.10 Å². The molecule has 2 rings (SSSR count). The second-order valence-electron chi connectivity index (χ2n) is 4.20. The summed E-state index contributed by atoms with van der Waals surface area (Å²) >= 11 is 1.80. The van der Waals surface area contributed by atoms with Crippen LogP contribution in [0.25, 0.3) is 0 Å². The topological polar surface area (TPSA) is 33.4 Å². The van der Waals surface area contributed by atoms with Gasteiger partial charge in [0.1, 0.15) is 5.76 Å². The van der Waals surface area contributed by atoms with Gasteiger partial charge in [0.05, 0.1) is 12.4 Å². The van der Waals surface area contributed by atoms with Crippen molar-refractivity contribution in [2.75, 3.05) is 0 Å².